The maximum atomic E-state index is 6.24. The first-order valence-electron chi connectivity index (χ1n) is 7.72. The number of thioether (sulfide) groups is 1. The lowest BCUT2D eigenvalue weighted by molar-refractivity contribution is 0.539. The minimum absolute atomic E-state index is 0.726. The summed E-state index contributed by atoms with van der Waals surface area (Å²) in [6.45, 7) is 3.55. The maximum Gasteiger partial charge on any atom is 0.114 e. The van der Waals surface area contributed by atoms with Crippen LogP contribution >= 0.6 is 35.0 Å². The monoisotopic (exact) mass is 376 g/mol. The molecule has 0 aliphatic carbocycles. The Morgan fingerprint density at radius 3 is 2.79 bits per heavy atom. The standard InChI is InChI=1S/C19H18Cl2N2S/c1-14-9-15(11-16(20)10-14)12-23-8-4-7-22-19(23)13-24-18-6-3-2-5-17(18)21/h2-6,8-11H,7,12-13H2,1H3. The Kier molecular flexibility index (Phi) is 5.88. The summed E-state index contributed by atoms with van der Waals surface area (Å²) in [5.41, 5.74) is 2.35. The Bertz CT molecular complexity index is 766. The SMILES string of the molecule is Cc1cc(Cl)cc(CN2C=CCN=C2CSc2ccccc2Cl)c1. The average molecular weight is 377 g/mol. The second-order valence-electron chi connectivity index (χ2n) is 5.63. The number of amidine groups is 1. The van der Waals surface area contributed by atoms with Gasteiger partial charge >= 0.3 is 0 Å². The third-order valence-corrected chi connectivity index (χ3v) is 5.37. The number of nitrogens with zero attached hydrogens (tertiary/aromatic N) is 2. The zero-order valence-corrected chi connectivity index (χ0v) is 15.7. The molecule has 0 saturated heterocycles. The number of rotatable bonds is 5. The summed E-state index contributed by atoms with van der Waals surface area (Å²) < 4.78 is 0. The van der Waals surface area contributed by atoms with E-state index in [-0.39, 0.29) is 0 Å². The van der Waals surface area contributed by atoms with Crippen LogP contribution in [-0.2, 0) is 6.54 Å². The second kappa shape index (κ2) is 8.11. The highest BCUT2D eigenvalue weighted by Crippen LogP contribution is 2.27. The van der Waals surface area contributed by atoms with Crippen molar-refractivity contribution in [3.05, 3.63) is 75.9 Å². The smallest absolute Gasteiger partial charge is 0.114 e. The molecule has 0 atom stereocenters. The van der Waals surface area contributed by atoms with Crippen LogP contribution in [0.1, 0.15) is 11.1 Å². The molecule has 0 fully saturated rings. The van der Waals surface area contributed by atoms with Crippen molar-refractivity contribution in [2.45, 2.75) is 18.4 Å². The van der Waals surface area contributed by atoms with E-state index in [1.165, 1.54) is 11.1 Å². The molecule has 1 aliphatic heterocycles. The van der Waals surface area contributed by atoms with Crippen LogP contribution in [0.15, 0.2) is 64.6 Å². The molecule has 0 N–H and O–H groups in total. The van der Waals surface area contributed by atoms with Gasteiger partial charge in [0, 0.05) is 22.7 Å². The third kappa shape index (κ3) is 4.56. The largest absolute Gasteiger partial charge is 0.332 e. The first kappa shape index (κ1) is 17.4. The fourth-order valence-corrected chi connectivity index (χ4v) is 4.12. The molecule has 2 nitrogen and oxygen atoms in total. The zero-order chi connectivity index (χ0) is 16.9. The molecule has 0 unspecified atom stereocenters. The highest BCUT2D eigenvalue weighted by Gasteiger charge is 2.14. The van der Waals surface area contributed by atoms with Gasteiger partial charge in [-0.15, -0.1) is 11.8 Å². The molecule has 1 heterocycles. The summed E-state index contributed by atoms with van der Waals surface area (Å²) in [6.07, 6.45) is 4.17. The summed E-state index contributed by atoms with van der Waals surface area (Å²) in [5, 5.41) is 1.56. The van der Waals surface area contributed by atoms with E-state index < -0.39 is 0 Å². The van der Waals surface area contributed by atoms with E-state index in [9.17, 15) is 0 Å². The Morgan fingerprint density at radius 2 is 2.00 bits per heavy atom. The van der Waals surface area contributed by atoms with Crippen LogP contribution in [0.3, 0.4) is 0 Å². The van der Waals surface area contributed by atoms with Crippen LogP contribution in [0.2, 0.25) is 10.0 Å². The van der Waals surface area contributed by atoms with Crippen LogP contribution in [0.5, 0.6) is 0 Å². The highest BCUT2D eigenvalue weighted by molar-refractivity contribution is 8.00. The van der Waals surface area contributed by atoms with Crippen LogP contribution in [0, 0.1) is 6.92 Å². The number of aryl methyl sites for hydroxylation is 1. The number of hydrogen-bond acceptors (Lipinski definition) is 3. The summed E-state index contributed by atoms with van der Waals surface area (Å²) >= 11 is 14.1. The van der Waals surface area contributed by atoms with Gasteiger partial charge in [0.05, 0.1) is 17.3 Å². The molecule has 0 amide bonds. The fraction of sp³-hybridized carbons (Fsp3) is 0.211. The van der Waals surface area contributed by atoms with Crippen LogP contribution in [-0.4, -0.2) is 23.0 Å². The van der Waals surface area contributed by atoms with Gasteiger partial charge in [0.25, 0.3) is 0 Å². The van der Waals surface area contributed by atoms with E-state index in [4.69, 9.17) is 23.2 Å². The van der Waals surface area contributed by atoms with Crippen molar-refractivity contribution in [1.29, 1.82) is 0 Å². The van der Waals surface area contributed by atoms with Crippen molar-refractivity contribution in [1.82, 2.24) is 4.90 Å². The quantitative estimate of drug-likeness (QED) is 0.610. The van der Waals surface area contributed by atoms with Crippen molar-refractivity contribution in [3.63, 3.8) is 0 Å². The molecule has 24 heavy (non-hydrogen) atoms. The molecule has 0 bridgehead atoms. The van der Waals surface area contributed by atoms with Crippen molar-refractivity contribution in [2.75, 3.05) is 12.3 Å². The van der Waals surface area contributed by atoms with Gasteiger partial charge in [-0.05, 0) is 48.4 Å². The maximum absolute atomic E-state index is 6.24. The molecule has 0 radical (unpaired) electrons. The second-order valence-corrected chi connectivity index (χ2v) is 7.49. The van der Waals surface area contributed by atoms with Gasteiger partial charge in [-0.1, -0.05) is 41.4 Å². The summed E-state index contributed by atoms with van der Waals surface area (Å²) in [5.74, 6) is 1.84. The van der Waals surface area contributed by atoms with Crippen molar-refractivity contribution in [2.24, 2.45) is 4.99 Å². The Balaban J connectivity index is 1.70. The molecule has 5 heteroatoms. The predicted octanol–water partition coefficient (Wildman–Crippen LogP) is 5.82. The first-order chi connectivity index (χ1) is 11.6. The Hall–Kier alpha value is -1.42. The van der Waals surface area contributed by atoms with Gasteiger partial charge in [0.1, 0.15) is 5.84 Å². The highest BCUT2D eigenvalue weighted by atomic mass is 35.5. The number of hydrogen-bond donors (Lipinski definition) is 0. The summed E-state index contributed by atoms with van der Waals surface area (Å²) in [6, 6.07) is 14.0. The molecule has 2 aromatic rings. The summed E-state index contributed by atoms with van der Waals surface area (Å²) in [4.78, 5) is 7.91. The number of benzene rings is 2. The van der Waals surface area contributed by atoms with Crippen LogP contribution < -0.4 is 0 Å². The predicted molar refractivity (Wildman–Crippen MR) is 105 cm³/mol. The Labute approximate surface area is 157 Å². The van der Waals surface area contributed by atoms with Crippen LogP contribution in [0.4, 0.5) is 0 Å². The number of aliphatic imine (C=N–C) groups is 1. The lowest BCUT2D eigenvalue weighted by Crippen LogP contribution is -2.29. The molecule has 0 aromatic heterocycles. The van der Waals surface area contributed by atoms with Crippen LogP contribution in [0.25, 0.3) is 0 Å². The van der Waals surface area contributed by atoms with Gasteiger partial charge in [-0.3, -0.25) is 4.99 Å². The third-order valence-electron chi connectivity index (χ3n) is 3.64. The van der Waals surface area contributed by atoms with E-state index in [1.807, 2.05) is 36.4 Å². The molecular formula is C19H18Cl2N2S. The van der Waals surface area contributed by atoms with E-state index in [0.717, 1.165) is 39.6 Å². The van der Waals surface area contributed by atoms with Crippen molar-refractivity contribution < 1.29 is 0 Å². The zero-order valence-electron chi connectivity index (χ0n) is 13.4. The lowest BCUT2D eigenvalue weighted by atomic mass is 10.1. The minimum atomic E-state index is 0.726. The first-order valence-corrected chi connectivity index (χ1v) is 9.46. The van der Waals surface area contributed by atoms with E-state index in [1.54, 1.807) is 11.8 Å². The molecule has 0 saturated carbocycles. The molecule has 0 spiro atoms. The minimum Gasteiger partial charge on any atom is -0.332 e. The van der Waals surface area contributed by atoms with Gasteiger partial charge in [-0.2, -0.15) is 0 Å². The van der Waals surface area contributed by atoms with Gasteiger partial charge < -0.3 is 4.90 Å². The van der Waals surface area contributed by atoms with E-state index >= 15 is 0 Å². The molecular weight excluding hydrogens is 359 g/mol. The van der Waals surface area contributed by atoms with Gasteiger partial charge in [0.2, 0.25) is 0 Å². The Morgan fingerprint density at radius 1 is 1.17 bits per heavy atom. The van der Waals surface area contributed by atoms with Crippen molar-refractivity contribution in [3.8, 4) is 0 Å². The summed E-state index contributed by atoms with van der Waals surface area (Å²) in [7, 11) is 0. The fourth-order valence-electron chi connectivity index (χ4n) is 2.59. The average Bonchev–Trinajstić information content (AvgIpc) is 2.54. The molecule has 2 aromatic carbocycles. The van der Waals surface area contributed by atoms with E-state index in [0.29, 0.717) is 0 Å². The number of halogens is 2. The van der Waals surface area contributed by atoms with Gasteiger partial charge in [-0.25, -0.2) is 0 Å². The topological polar surface area (TPSA) is 15.6 Å². The molecule has 3 rings (SSSR count). The molecule has 1 aliphatic rings. The normalized spacial score (nSPS) is 14.0. The van der Waals surface area contributed by atoms with Crippen molar-refractivity contribution >= 4 is 40.8 Å². The van der Waals surface area contributed by atoms with E-state index in [2.05, 4.69) is 35.2 Å². The molecule has 124 valence electrons. The van der Waals surface area contributed by atoms with Gasteiger partial charge in [0.15, 0.2) is 0 Å². The lowest BCUT2D eigenvalue weighted by Gasteiger charge is -2.25.